The molecular weight excluding hydrogens is 659 g/mol. The van der Waals surface area contributed by atoms with Gasteiger partial charge in [0, 0.05) is 49.6 Å². The summed E-state index contributed by atoms with van der Waals surface area (Å²) in [6.45, 7) is 0. The lowest BCUT2D eigenvalue weighted by Gasteiger charge is -2.17. The smallest absolute Gasteiger partial charge is 0.102 e. The Balaban J connectivity index is 1.38. The molecule has 0 N–H and O–H groups in total. The summed E-state index contributed by atoms with van der Waals surface area (Å²) in [6, 6.07) is 64.8. The van der Waals surface area contributed by atoms with E-state index < -0.39 is 0 Å². The molecule has 5 heteroatoms. The predicted octanol–water partition coefficient (Wildman–Crippen LogP) is 12.0. The van der Waals surface area contributed by atoms with Crippen LogP contribution in [0.5, 0.6) is 0 Å². The molecule has 0 aliphatic heterocycles. The third-order valence-corrected chi connectivity index (χ3v) is 10.4. The Morgan fingerprint density at radius 2 is 0.907 bits per heavy atom. The second-order valence-corrected chi connectivity index (χ2v) is 13.3. The number of aromatic nitrogens is 3. The normalized spacial score (nSPS) is 11.3. The molecule has 3 aromatic heterocycles. The molecule has 0 aliphatic carbocycles. The molecule has 0 unspecified atom stereocenters. The molecule has 0 saturated heterocycles. The van der Waals surface area contributed by atoms with Gasteiger partial charge in [0.1, 0.15) is 12.1 Å². The first-order valence-electron chi connectivity index (χ1n) is 17.9. The molecule has 5 nitrogen and oxygen atoms in total. The van der Waals surface area contributed by atoms with Gasteiger partial charge in [-0.1, -0.05) is 133 Å². The molecule has 0 atom stereocenters. The summed E-state index contributed by atoms with van der Waals surface area (Å²) in [5.74, 6) is 0. The number of pyridine rings is 1. The van der Waals surface area contributed by atoms with E-state index in [1.165, 1.54) is 5.39 Å². The van der Waals surface area contributed by atoms with E-state index in [-0.39, 0.29) is 0 Å². The molecule has 0 saturated carbocycles. The van der Waals surface area contributed by atoms with Crippen molar-refractivity contribution in [3.63, 3.8) is 0 Å². The molecule has 10 aromatic rings. The van der Waals surface area contributed by atoms with Gasteiger partial charge in [0.15, 0.2) is 0 Å². The molecular formula is C49H29N5. The maximum Gasteiger partial charge on any atom is 0.102 e. The van der Waals surface area contributed by atoms with E-state index in [0.29, 0.717) is 28.1 Å². The number of hydrogen-bond acceptors (Lipinski definition) is 3. The minimum Gasteiger partial charge on any atom is -0.309 e. The van der Waals surface area contributed by atoms with E-state index >= 15 is 0 Å². The standard InChI is InChI=1S/C49H29N5/c50-30-41-46(32-16-5-1-6-17-32)42(31-51)48(52-47(41)33-18-7-2-8-19-33)38-26-15-25-37-40-29-44-39(28-45(40)54(49(37)38)35-22-11-4-12-23-35)36-24-13-14-27-43(36)53(44)34-20-9-3-10-21-34/h1-29H. The maximum absolute atomic E-state index is 11.0. The van der Waals surface area contributed by atoms with Gasteiger partial charge in [-0.2, -0.15) is 10.5 Å². The molecule has 54 heavy (non-hydrogen) atoms. The Bertz CT molecular complexity index is 3150. The van der Waals surface area contributed by atoms with Crippen molar-refractivity contribution in [3.8, 4) is 57.2 Å². The SMILES string of the molecule is N#Cc1c(-c2ccccc2)nc(-c2cccc3c4cc5c(cc4n(-c4ccccc4)c23)c2ccccc2n5-c2ccccc2)c(C#N)c1-c1ccccc1. The molecule has 0 amide bonds. The zero-order valence-electron chi connectivity index (χ0n) is 29.0. The lowest BCUT2D eigenvalue weighted by atomic mass is 9.89. The van der Waals surface area contributed by atoms with Gasteiger partial charge < -0.3 is 9.13 Å². The van der Waals surface area contributed by atoms with Crippen LogP contribution in [0.2, 0.25) is 0 Å². The fourth-order valence-electron chi connectivity index (χ4n) is 8.11. The third-order valence-electron chi connectivity index (χ3n) is 10.4. The summed E-state index contributed by atoms with van der Waals surface area (Å²) >= 11 is 0. The Kier molecular flexibility index (Phi) is 7.18. The van der Waals surface area contributed by atoms with Crippen molar-refractivity contribution in [2.45, 2.75) is 0 Å². The van der Waals surface area contributed by atoms with Crippen molar-refractivity contribution >= 4 is 43.6 Å². The average molecular weight is 688 g/mol. The number of hydrogen-bond donors (Lipinski definition) is 0. The summed E-state index contributed by atoms with van der Waals surface area (Å²) < 4.78 is 4.65. The lowest BCUT2D eigenvalue weighted by Crippen LogP contribution is -2.03. The molecule has 7 aromatic carbocycles. The summed E-state index contributed by atoms with van der Waals surface area (Å²) in [5, 5.41) is 26.2. The molecule has 0 fully saturated rings. The second-order valence-electron chi connectivity index (χ2n) is 13.3. The highest BCUT2D eigenvalue weighted by Gasteiger charge is 2.26. The lowest BCUT2D eigenvalue weighted by molar-refractivity contribution is 1.17. The van der Waals surface area contributed by atoms with Crippen LogP contribution in [0.3, 0.4) is 0 Å². The number of nitrogens with zero attached hydrogens (tertiary/aromatic N) is 5. The third kappa shape index (κ3) is 4.67. The largest absolute Gasteiger partial charge is 0.309 e. The Morgan fingerprint density at radius 1 is 0.407 bits per heavy atom. The number of benzene rings is 7. The number of para-hydroxylation sites is 4. The fourth-order valence-corrected chi connectivity index (χ4v) is 8.11. The highest BCUT2D eigenvalue weighted by molar-refractivity contribution is 6.21. The molecule has 3 heterocycles. The van der Waals surface area contributed by atoms with Gasteiger partial charge in [0.05, 0.1) is 44.6 Å². The van der Waals surface area contributed by atoms with Gasteiger partial charge in [-0.15, -0.1) is 0 Å². The summed E-state index contributed by atoms with van der Waals surface area (Å²) in [6.07, 6.45) is 0. The van der Waals surface area contributed by atoms with E-state index in [1.807, 2.05) is 72.8 Å². The zero-order valence-corrected chi connectivity index (χ0v) is 29.0. The molecule has 0 bridgehead atoms. The highest BCUT2D eigenvalue weighted by atomic mass is 15.0. The van der Waals surface area contributed by atoms with Crippen LogP contribution >= 0.6 is 0 Å². The van der Waals surface area contributed by atoms with Crippen LogP contribution in [0.4, 0.5) is 0 Å². The minimum absolute atomic E-state index is 0.362. The van der Waals surface area contributed by atoms with Crippen LogP contribution < -0.4 is 0 Å². The highest BCUT2D eigenvalue weighted by Crippen LogP contribution is 2.45. The van der Waals surface area contributed by atoms with Gasteiger partial charge >= 0.3 is 0 Å². The first kappa shape index (κ1) is 31.0. The molecule has 0 aliphatic rings. The number of rotatable bonds is 5. The van der Waals surface area contributed by atoms with Crippen LogP contribution in [0.15, 0.2) is 176 Å². The Morgan fingerprint density at radius 3 is 1.56 bits per heavy atom. The zero-order chi connectivity index (χ0) is 36.2. The quantitative estimate of drug-likeness (QED) is 0.181. The fraction of sp³-hybridized carbons (Fsp3) is 0. The van der Waals surface area contributed by atoms with Crippen LogP contribution in [0, 0.1) is 22.7 Å². The monoisotopic (exact) mass is 687 g/mol. The van der Waals surface area contributed by atoms with E-state index in [9.17, 15) is 10.5 Å². The van der Waals surface area contributed by atoms with Crippen LogP contribution in [0.25, 0.3) is 88.6 Å². The molecule has 10 rings (SSSR count). The first-order chi connectivity index (χ1) is 26.7. The first-order valence-corrected chi connectivity index (χ1v) is 17.9. The van der Waals surface area contributed by atoms with Crippen molar-refractivity contribution in [3.05, 3.63) is 187 Å². The van der Waals surface area contributed by atoms with Crippen molar-refractivity contribution in [1.29, 1.82) is 10.5 Å². The van der Waals surface area contributed by atoms with Crippen LogP contribution in [0.1, 0.15) is 11.1 Å². The Labute approximate surface area is 311 Å². The molecule has 0 radical (unpaired) electrons. The number of fused-ring (bicyclic) bond motifs is 6. The van der Waals surface area contributed by atoms with Crippen LogP contribution in [-0.2, 0) is 0 Å². The minimum atomic E-state index is 0.362. The summed E-state index contributed by atoms with van der Waals surface area (Å²) in [7, 11) is 0. The topological polar surface area (TPSA) is 70.3 Å². The molecule has 0 spiro atoms. The summed E-state index contributed by atoms with van der Waals surface area (Å²) in [5.41, 5.74) is 11.1. The van der Waals surface area contributed by atoms with Crippen molar-refractivity contribution in [2.24, 2.45) is 0 Å². The van der Waals surface area contributed by atoms with Crippen LogP contribution in [-0.4, -0.2) is 14.1 Å². The van der Waals surface area contributed by atoms with Crippen molar-refractivity contribution in [1.82, 2.24) is 14.1 Å². The molecule has 250 valence electrons. The van der Waals surface area contributed by atoms with E-state index in [1.54, 1.807) is 0 Å². The summed E-state index contributed by atoms with van der Waals surface area (Å²) in [4.78, 5) is 5.27. The number of nitriles is 2. The van der Waals surface area contributed by atoms with Gasteiger partial charge in [0.2, 0.25) is 0 Å². The van der Waals surface area contributed by atoms with E-state index in [4.69, 9.17) is 4.98 Å². The predicted molar refractivity (Wildman–Crippen MR) is 219 cm³/mol. The van der Waals surface area contributed by atoms with Gasteiger partial charge in [-0.3, -0.25) is 0 Å². The second kappa shape index (κ2) is 12.5. The van der Waals surface area contributed by atoms with E-state index in [2.05, 4.69) is 124 Å². The maximum atomic E-state index is 11.0. The van der Waals surface area contributed by atoms with Gasteiger partial charge in [0.25, 0.3) is 0 Å². The van der Waals surface area contributed by atoms with Crippen molar-refractivity contribution < 1.29 is 0 Å². The Hall–Kier alpha value is -7.73. The average Bonchev–Trinajstić information content (AvgIpc) is 3.75. The van der Waals surface area contributed by atoms with Crippen molar-refractivity contribution in [2.75, 3.05) is 0 Å². The van der Waals surface area contributed by atoms with E-state index in [0.717, 1.165) is 66.3 Å². The van der Waals surface area contributed by atoms with Gasteiger partial charge in [-0.25, -0.2) is 4.98 Å². The van der Waals surface area contributed by atoms with Gasteiger partial charge in [-0.05, 0) is 48.0 Å².